The molecule has 2 aliphatic rings. The first-order valence-corrected chi connectivity index (χ1v) is 7.97. The number of carbonyl (C=O) groups excluding carboxylic acids is 1. The first-order valence-electron chi connectivity index (χ1n) is 7.97. The molecule has 0 N–H and O–H groups in total. The van der Waals surface area contributed by atoms with Crippen LogP contribution in [0.4, 0.5) is 0 Å². The molecule has 0 bridgehead atoms. The fourth-order valence-corrected chi connectivity index (χ4v) is 2.87. The van der Waals surface area contributed by atoms with Crippen LogP contribution in [0.2, 0.25) is 0 Å². The SMILES string of the molecule is O=C(COc1cccnc1)N1CCCC1c1nc(C2CC2)no1. The van der Waals surface area contributed by atoms with E-state index in [1.165, 1.54) is 0 Å². The third-order valence-electron chi connectivity index (χ3n) is 4.25. The number of carbonyl (C=O) groups is 1. The summed E-state index contributed by atoms with van der Waals surface area (Å²) < 4.78 is 10.9. The number of likely N-dealkylation sites (tertiary alicyclic amines) is 1. The van der Waals surface area contributed by atoms with Crippen LogP contribution in [-0.2, 0) is 4.79 Å². The molecule has 7 nitrogen and oxygen atoms in total. The molecule has 1 saturated carbocycles. The molecule has 1 aliphatic heterocycles. The Balaban J connectivity index is 1.41. The summed E-state index contributed by atoms with van der Waals surface area (Å²) in [6.45, 7) is 0.687. The second kappa shape index (κ2) is 5.98. The molecular weight excluding hydrogens is 296 g/mol. The van der Waals surface area contributed by atoms with Gasteiger partial charge in [0.1, 0.15) is 11.8 Å². The van der Waals surface area contributed by atoms with Crippen LogP contribution in [0.3, 0.4) is 0 Å². The summed E-state index contributed by atoms with van der Waals surface area (Å²) in [5, 5.41) is 4.05. The van der Waals surface area contributed by atoms with Crippen molar-refractivity contribution in [3.8, 4) is 5.75 Å². The van der Waals surface area contributed by atoms with Gasteiger partial charge in [-0.25, -0.2) is 0 Å². The van der Waals surface area contributed by atoms with Crippen molar-refractivity contribution >= 4 is 5.91 Å². The van der Waals surface area contributed by atoms with E-state index in [9.17, 15) is 4.79 Å². The number of hydrogen-bond acceptors (Lipinski definition) is 6. The molecule has 3 heterocycles. The average Bonchev–Trinajstić information content (AvgIpc) is 3.12. The van der Waals surface area contributed by atoms with Gasteiger partial charge in [-0.2, -0.15) is 4.98 Å². The number of amides is 1. The number of ether oxygens (including phenoxy) is 1. The largest absolute Gasteiger partial charge is 0.482 e. The van der Waals surface area contributed by atoms with Gasteiger partial charge in [0.25, 0.3) is 5.91 Å². The molecule has 1 unspecified atom stereocenters. The Morgan fingerprint density at radius 3 is 3.09 bits per heavy atom. The maximum atomic E-state index is 12.4. The summed E-state index contributed by atoms with van der Waals surface area (Å²) in [6.07, 6.45) is 7.30. The summed E-state index contributed by atoms with van der Waals surface area (Å²) in [5.41, 5.74) is 0. The molecule has 120 valence electrons. The lowest BCUT2D eigenvalue weighted by Gasteiger charge is -2.21. The first kappa shape index (κ1) is 14.2. The normalized spacial score (nSPS) is 20.7. The Hall–Kier alpha value is -2.44. The van der Waals surface area contributed by atoms with E-state index >= 15 is 0 Å². The Bertz CT molecular complexity index is 684. The third-order valence-corrected chi connectivity index (χ3v) is 4.25. The predicted molar refractivity (Wildman–Crippen MR) is 79.7 cm³/mol. The van der Waals surface area contributed by atoms with Crippen molar-refractivity contribution in [2.75, 3.05) is 13.2 Å². The van der Waals surface area contributed by atoms with Crippen LogP contribution < -0.4 is 4.74 Å². The molecule has 0 aromatic carbocycles. The van der Waals surface area contributed by atoms with Gasteiger partial charge in [-0.1, -0.05) is 5.16 Å². The minimum atomic E-state index is -0.125. The zero-order valence-corrected chi connectivity index (χ0v) is 12.7. The standard InChI is InChI=1S/C16H18N4O3/c21-14(10-22-12-3-1-7-17-9-12)20-8-2-4-13(20)16-18-15(19-23-16)11-5-6-11/h1,3,7,9,11,13H,2,4-6,8,10H2. The lowest BCUT2D eigenvalue weighted by atomic mass is 10.2. The highest BCUT2D eigenvalue weighted by Crippen LogP contribution is 2.39. The van der Waals surface area contributed by atoms with Crippen molar-refractivity contribution in [2.45, 2.75) is 37.6 Å². The van der Waals surface area contributed by atoms with Crippen LogP contribution in [0.25, 0.3) is 0 Å². The molecule has 0 radical (unpaired) electrons. The van der Waals surface area contributed by atoms with E-state index in [0.717, 1.165) is 31.5 Å². The molecular formula is C16H18N4O3. The van der Waals surface area contributed by atoms with E-state index in [4.69, 9.17) is 9.26 Å². The molecule has 1 amide bonds. The van der Waals surface area contributed by atoms with E-state index in [0.29, 0.717) is 24.1 Å². The van der Waals surface area contributed by atoms with Crippen LogP contribution in [0.1, 0.15) is 49.4 Å². The minimum absolute atomic E-state index is 0.00812. The zero-order valence-electron chi connectivity index (χ0n) is 12.7. The molecule has 23 heavy (non-hydrogen) atoms. The maximum Gasteiger partial charge on any atom is 0.261 e. The van der Waals surface area contributed by atoms with Crippen LogP contribution in [-0.4, -0.2) is 39.1 Å². The van der Waals surface area contributed by atoms with E-state index in [1.54, 1.807) is 29.4 Å². The van der Waals surface area contributed by atoms with E-state index in [2.05, 4.69) is 15.1 Å². The van der Waals surface area contributed by atoms with E-state index in [-0.39, 0.29) is 18.6 Å². The number of rotatable bonds is 5. The van der Waals surface area contributed by atoms with Crippen molar-refractivity contribution in [3.63, 3.8) is 0 Å². The Kier molecular flexibility index (Phi) is 3.69. The Morgan fingerprint density at radius 2 is 2.30 bits per heavy atom. The quantitative estimate of drug-likeness (QED) is 0.840. The van der Waals surface area contributed by atoms with Crippen molar-refractivity contribution in [1.29, 1.82) is 0 Å². The molecule has 7 heteroatoms. The summed E-state index contributed by atoms with van der Waals surface area (Å²) in [7, 11) is 0. The van der Waals surface area contributed by atoms with Crippen LogP contribution in [0, 0.1) is 0 Å². The van der Waals surface area contributed by atoms with Gasteiger partial charge in [-0.3, -0.25) is 9.78 Å². The smallest absolute Gasteiger partial charge is 0.261 e. The van der Waals surface area contributed by atoms with Gasteiger partial charge in [-0.15, -0.1) is 0 Å². The number of nitrogens with zero attached hydrogens (tertiary/aromatic N) is 4. The molecule has 1 atom stereocenters. The van der Waals surface area contributed by atoms with Gasteiger partial charge in [0.15, 0.2) is 12.4 Å². The van der Waals surface area contributed by atoms with Crippen LogP contribution >= 0.6 is 0 Å². The van der Waals surface area contributed by atoms with Crippen molar-refractivity contribution < 1.29 is 14.1 Å². The van der Waals surface area contributed by atoms with E-state index < -0.39 is 0 Å². The van der Waals surface area contributed by atoms with Crippen molar-refractivity contribution in [2.24, 2.45) is 0 Å². The topological polar surface area (TPSA) is 81.4 Å². The highest BCUT2D eigenvalue weighted by Gasteiger charge is 2.36. The second-order valence-corrected chi connectivity index (χ2v) is 5.99. The molecule has 1 aliphatic carbocycles. The monoisotopic (exact) mass is 314 g/mol. The third kappa shape index (κ3) is 3.04. The molecule has 1 saturated heterocycles. The summed E-state index contributed by atoms with van der Waals surface area (Å²) in [6, 6.07) is 3.43. The maximum absolute atomic E-state index is 12.4. The number of aromatic nitrogens is 3. The Labute approximate surface area is 133 Å². The molecule has 0 spiro atoms. The van der Waals surface area contributed by atoms with Crippen molar-refractivity contribution in [1.82, 2.24) is 20.0 Å². The zero-order chi connectivity index (χ0) is 15.6. The fraction of sp³-hybridized carbons (Fsp3) is 0.500. The number of hydrogen-bond donors (Lipinski definition) is 0. The highest BCUT2D eigenvalue weighted by atomic mass is 16.5. The summed E-state index contributed by atoms with van der Waals surface area (Å²) in [5.74, 6) is 2.31. The molecule has 4 rings (SSSR count). The highest BCUT2D eigenvalue weighted by molar-refractivity contribution is 5.78. The van der Waals surface area contributed by atoms with Crippen molar-refractivity contribution in [3.05, 3.63) is 36.2 Å². The molecule has 2 aromatic heterocycles. The predicted octanol–water partition coefficient (Wildman–Crippen LogP) is 2.08. The minimum Gasteiger partial charge on any atom is -0.482 e. The number of pyridine rings is 1. The van der Waals surface area contributed by atoms with Gasteiger partial charge in [0.2, 0.25) is 5.89 Å². The van der Waals surface area contributed by atoms with Gasteiger partial charge >= 0.3 is 0 Å². The summed E-state index contributed by atoms with van der Waals surface area (Å²) in [4.78, 5) is 22.7. The average molecular weight is 314 g/mol. The lowest BCUT2D eigenvalue weighted by Crippen LogP contribution is -2.34. The van der Waals surface area contributed by atoms with Crippen LogP contribution in [0.5, 0.6) is 5.75 Å². The lowest BCUT2D eigenvalue weighted by molar-refractivity contribution is -0.134. The molecule has 2 fully saturated rings. The Morgan fingerprint density at radius 1 is 1.39 bits per heavy atom. The first-order chi connectivity index (χ1) is 11.3. The van der Waals surface area contributed by atoms with E-state index in [1.807, 2.05) is 0 Å². The van der Waals surface area contributed by atoms with Gasteiger partial charge in [0.05, 0.1) is 6.20 Å². The van der Waals surface area contributed by atoms with Gasteiger partial charge in [0, 0.05) is 18.7 Å². The molecule has 2 aromatic rings. The fourth-order valence-electron chi connectivity index (χ4n) is 2.87. The van der Waals surface area contributed by atoms with Gasteiger partial charge < -0.3 is 14.2 Å². The van der Waals surface area contributed by atoms with Gasteiger partial charge in [-0.05, 0) is 37.8 Å². The summed E-state index contributed by atoms with van der Waals surface area (Å²) >= 11 is 0. The second-order valence-electron chi connectivity index (χ2n) is 5.99. The van der Waals surface area contributed by atoms with Crippen LogP contribution in [0.15, 0.2) is 29.0 Å².